The average molecular weight is 402 g/mol. The number of aromatic nitrogens is 4. The summed E-state index contributed by atoms with van der Waals surface area (Å²) < 4.78 is 4.43. The molecule has 6 nitrogen and oxygen atoms in total. The van der Waals surface area contributed by atoms with E-state index in [1.54, 1.807) is 10.9 Å². The number of hydrogen-bond acceptors (Lipinski definition) is 3. The van der Waals surface area contributed by atoms with E-state index in [2.05, 4.69) is 56.6 Å². The summed E-state index contributed by atoms with van der Waals surface area (Å²) in [5.41, 5.74) is 4.88. The van der Waals surface area contributed by atoms with Crippen molar-refractivity contribution < 1.29 is 4.79 Å². The van der Waals surface area contributed by atoms with Crippen molar-refractivity contribution in [1.82, 2.24) is 19.6 Å². The lowest BCUT2D eigenvalue weighted by atomic mass is 10.1. The molecule has 0 saturated heterocycles. The van der Waals surface area contributed by atoms with Crippen LogP contribution in [0.5, 0.6) is 0 Å². The fourth-order valence-electron chi connectivity index (χ4n) is 2.68. The third kappa shape index (κ3) is 4.17. The maximum atomic E-state index is 12.2. The number of nitrogens with zero attached hydrogens (tertiary/aromatic N) is 4. The molecule has 2 aromatic heterocycles. The number of anilines is 1. The first-order valence-electron chi connectivity index (χ1n) is 7.99. The van der Waals surface area contributed by atoms with Crippen molar-refractivity contribution in [1.29, 1.82) is 0 Å². The molecule has 0 saturated carbocycles. The van der Waals surface area contributed by atoms with Crippen LogP contribution in [0.1, 0.15) is 22.5 Å². The van der Waals surface area contributed by atoms with Crippen molar-refractivity contribution in [2.45, 2.75) is 33.9 Å². The Balaban J connectivity index is 1.62. The molecule has 1 N–H and O–H groups in total. The fourth-order valence-corrected chi connectivity index (χ4v) is 2.96. The zero-order valence-corrected chi connectivity index (χ0v) is 16.0. The average Bonchev–Trinajstić information content (AvgIpc) is 3.08. The van der Waals surface area contributed by atoms with Crippen molar-refractivity contribution in [2.75, 3.05) is 5.32 Å². The topological polar surface area (TPSA) is 64.7 Å². The van der Waals surface area contributed by atoms with E-state index in [4.69, 9.17) is 0 Å². The van der Waals surface area contributed by atoms with E-state index in [9.17, 15) is 4.79 Å². The van der Waals surface area contributed by atoms with Gasteiger partial charge in [0.05, 0.1) is 34.3 Å². The molecule has 0 spiro atoms. The highest BCUT2D eigenvalue weighted by Crippen LogP contribution is 2.19. The van der Waals surface area contributed by atoms with E-state index in [0.29, 0.717) is 12.2 Å². The monoisotopic (exact) mass is 401 g/mol. The lowest BCUT2D eigenvalue weighted by Crippen LogP contribution is -2.20. The molecule has 0 aliphatic carbocycles. The summed E-state index contributed by atoms with van der Waals surface area (Å²) >= 11 is 3.47. The number of aryl methyl sites for hydroxylation is 2. The second-order valence-corrected chi connectivity index (χ2v) is 6.90. The first kappa shape index (κ1) is 17.4. The number of nitrogens with one attached hydrogen (secondary N) is 1. The van der Waals surface area contributed by atoms with Gasteiger partial charge in [-0.25, -0.2) is 0 Å². The van der Waals surface area contributed by atoms with Gasteiger partial charge in [-0.2, -0.15) is 10.2 Å². The van der Waals surface area contributed by atoms with E-state index < -0.39 is 0 Å². The Morgan fingerprint density at radius 3 is 2.76 bits per heavy atom. The normalized spacial score (nSPS) is 10.9. The predicted octanol–water partition coefficient (Wildman–Crippen LogP) is 3.45. The molecule has 1 aromatic carbocycles. The molecular formula is C18H20BrN5O. The van der Waals surface area contributed by atoms with Crippen LogP contribution in [0, 0.1) is 20.8 Å². The van der Waals surface area contributed by atoms with E-state index in [1.165, 1.54) is 11.1 Å². The summed E-state index contributed by atoms with van der Waals surface area (Å²) in [6.45, 7) is 6.73. The number of amides is 1. The molecular weight excluding hydrogens is 382 g/mol. The molecule has 0 aliphatic heterocycles. The quantitative estimate of drug-likeness (QED) is 0.711. The maximum absolute atomic E-state index is 12.2. The highest BCUT2D eigenvalue weighted by Gasteiger charge is 2.12. The number of carbonyl (C=O) groups excluding carboxylic acids is 1. The minimum atomic E-state index is -0.131. The SMILES string of the molecule is Cc1cccc(Cn2cc(NC(=O)Cn3nc(C)c(Br)c3C)cn2)c1. The molecule has 3 aromatic rings. The lowest BCUT2D eigenvalue weighted by molar-refractivity contribution is -0.116. The van der Waals surface area contributed by atoms with Gasteiger partial charge in [0, 0.05) is 6.20 Å². The molecule has 0 aliphatic rings. The molecule has 25 heavy (non-hydrogen) atoms. The molecule has 0 radical (unpaired) electrons. The number of carbonyl (C=O) groups is 1. The molecule has 7 heteroatoms. The first-order chi connectivity index (χ1) is 11.9. The minimum Gasteiger partial charge on any atom is -0.322 e. The van der Waals surface area contributed by atoms with Crippen LogP contribution >= 0.6 is 15.9 Å². The van der Waals surface area contributed by atoms with Gasteiger partial charge in [0.2, 0.25) is 5.91 Å². The zero-order chi connectivity index (χ0) is 18.0. The Hall–Kier alpha value is -2.41. The van der Waals surface area contributed by atoms with Gasteiger partial charge in [-0.3, -0.25) is 14.2 Å². The van der Waals surface area contributed by atoms with Crippen LogP contribution in [0.4, 0.5) is 5.69 Å². The second kappa shape index (κ2) is 7.23. The molecule has 3 rings (SSSR count). The van der Waals surface area contributed by atoms with Crippen LogP contribution in [-0.2, 0) is 17.9 Å². The van der Waals surface area contributed by atoms with Crippen molar-refractivity contribution in [3.05, 3.63) is 63.6 Å². The summed E-state index contributed by atoms with van der Waals surface area (Å²) in [7, 11) is 0. The van der Waals surface area contributed by atoms with Crippen molar-refractivity contribution in [3.8, 4) is 0 Å². The molecule has 1 amide bonds. The molecule has 130 valence electrons. The lowest BCUT2D eigenvalue weighted by Gasteiger charge is -2.05. The Morgan fingerprint density at radius 2 is 2.08 bits per heavy atom. The zero-order valence-electron chi connectivity index (χ0n) is 14.5. The van der Waals surface area contributed by atoms with Crippen LogP contribution < -0.4 is 5.32 Å². The predicted molar refractivity (Wildman–Crippen MR) is 101 cm³/mol. The summed E-state index contributed by atoms with van der Waals surface area (Å²) in [4.78, 5) is 12.2. The van der Waals surface area contributed by atoms with Crippen LogP contribution in [0.2, 0.25) is 0 Å². The third-order valence-corrected chi connectivity index (χ3v) is 5.08. The third-order valence-electron chi connectivity index (χ3n) is 3.93. The van der Waals surface area contributed by atoms with Crippen LogP contribution in [0.15, 0.2) is 41.1 Å². The second-order valence-electron chi connectivity index (χ2n) is 6.11. The fraction of sp³-hybridized carbons (Fsp3) is 0.278. The number of rotatable bonds is 5. The highest BCUT2D eigenvalue weighted by atomic mass is 79.9. The van der Waals surface area contributed by atoms with Crippen LogP contribution in [0.3, 0.4) is 0 Å². The Labute approximate surface area is 155 Å². The summed E-state index contributed by atoms with van der Waals surface area (Å²) in [6, 6.07) is 8.28. The van der Waals surface area contributed by atoms with E-state index in [1.807, 2.05) is 30.8 Å². The number of hydrogen-bond donors (Lipinski definition) is 1. The summed E-state index contributed by atoms with van der Waals surface area (Å²) in [5, 5.41) is 11.5. The largest absolute Gasteiger partial charge is 0.322 e. The van der Waals surface area contributed by atoms with Gasteiger partial charge in [0.1, 0.15) is 6.54 Å². The van der Waals surface area contributed by atoms with Crippen LogP contribution in [-0.4, -0.2) is 25.5 Å². The molecule has 0 bridgehead atoms. The number of benzene rings is 1. The van der Waals surface area contributed by atoms with Crippen molar-refractivity contribution in [3.63, 3.8) is 0 Å². The standard InChI is InChI=1S/C18H20BrN5O/c1-12-5-4-6-15(7-12)9-23-10-16(8-20-23)21-17(25)11-24-14(3)18(19)13(2)22-24/h4-8,10H,9,11H2,1-3H3,(H,21,25). The van der Waals surface area contributed by atoms with Gasteiger partial charge < -0.3 is 5.32 Å². The van der Waals surface area contributed by atoms with E-state index >= 15 is 0 Å². The molecule has 0 atom stereocenters. The smallest absolute Gasteiger partial charge is 0.246 e. The summed E-state index contributed by atoms with van der Waals surface area (Å²) in [5.74, 6) is -0.131. The van der Waals surface area contributed by atoms with Crippen molar-refractivity contribution >= 4 is 27.5 Å². The highest BCUT2D eigenvalue weighted by molar-refractivity contribution is 9.10. The Kier molecular flexibility index (Phi) is 5.03. The van der Waals surface area contributed by atoms with Crippen LogP contribution in [0.25, 0.3) is 0 Å². The van der Waals surface area contributed by atoms with Gasteiger partial charge in [0.15, 0.2) is 0 Å². The van der Waals surface area contributed by atoms with E-state index in [-0.39, 0.29) is 12.5 Å². The Morgan fingerprint density at radius 1 is 1.28 bits per heavy atom. The molecule has 0 fully saturated rings. The van der Waals surface area contributed by atoms with Gasteiger partial charge >= 0.3 is 0 Å². The van der Waals surface area contributed by atoms with E-state index in [0.717, 1.165) is 15.9 Å². The van der Waals surface area contributed by atoms with Gasteiger partial charge in [-0.05, 0) is 42.3 Å². The minimum absolute atomic E-state index is 0.131. The number of halogens is 1. The van der Waals surface area contributed by atoms with Gasteiger partial charge in [0.25, 0.3) is 0 Å². The first-order valence-corrected chi connectivity index (χ1v) is 8.79. The molecule has 2 heterocycles. The van der Waals surface area contributed by atoms with Gasteiger partial charge in [-0.15, -0.1) is 0 Å². The van der Waals surface area contributed by atoms with Crippen molar-refractivity contribution in [2.24, 2.45) is 0 Å². The molecule has 0 unspecified atom stereocenters. The summed E-state index contributed by atoms with van der Waals surface area (Å²) in [6.07, 6.45) is 3.49. The maximum Gasteiger partial charge on any atom is 0.246 e. The Bertz CT molecular complexity index is 912. The van der Waals surface area contributed by atoms with Gasteiger partial charge in [-0.1, -0.05) is 29.8 Å².